The average Bonchev–Trinajstić information content (AvgIpc) is 2.05. The molecule has 0 aliphatic rings. The normalized spacial score (nSPS) is 13.7. The van der Waals surface area contributed by atoms with Crippen LogP contribution in [0.25, 0.3) is 0 Å². The zero-order valence-electron chi connectivity index (χ0n) is 9.51. The molecule has 2 nitrogen and oxygen atoms in total. The van der Waals surface area contributed by atoms with Gasteiger partial charge in [-0.05, 0) is 19.5 Å². The number of hydrogen-bond donors (Lipinski definition) is 1. The molecule has 1 unspecified atom stereocenters. The molecule has 0 spiro atoms. The van der Waals surface area contributed by atoms with Crippen molar-refractivity contribution in [3.05, 3.63) is 12.7 Å². The number of rotatable bonds is 7. The van der Waals surface area contributed by atoms with Crippen molar-refractivity contribution in [2.45, 2.75) is 26.8 Å². The van der Waals surface area contributed by atoms with Gasteiger partial charge in [0.25, 0.3) is 0 Å². The highest BCUT2D eigenvalue weighted by atomic mass is 15.1. The molecule has 0 saturated heterocycles. The third-order valence-corrected chi connectivity index (χ3v) is 2.36. The van der Waals surface area contributed by atoms with E-state index in [2.05, 4.69) is 44.6 Å². The summed E-state index contributed by atoms with van der Waals surface area (Å²) in [7, 11) is 2.16. The van der Waals surface area contributed by atoms with Gasteiger partial charge in [0.2, 0.25) is 0 Å². The lowest BCUT2D eigenvalue weighted by Crippen LogP contribution is -2.43. The third-order valence-electron chi connectivity index (χ3n) is 2.36. The first-order chi connectivity index (χ1) is 6.13. The van der Waals surface area contributed by atoms with Crippen LogP contribution in [-0.4, -0.2) is 37.6 Å². The molecule has 0 bridgehead atoms. The monoisotopic (exact) mass is 184 g/mol. The standard InChI is InChI=1S/C11H24N2/c1-6-8-13(5)11(10(3)4)9-12-7-2/h6,10-12H,1,7-9H2,2-5H3. The smallest absolute Gasteiger partial charge is 0.0243 e. The molecular weight excluding hydrogens is 160 g/mol. The number of nitrogens with one attached hydrogen (secondary N) is 1. The Labute approximate surface area is 83.0 Å². The van der Waals surface area contributed by atoms with Gasteiger partial charge in [0.05, 0.1) is 0 Å². The van der Waals surface area contributed by atoms with Gasteiger partial charge in [-0.25, -0.2) is 0 Å². The topological polar surface area (TPSA) is 15.3 Å². The Bertz CT molecular complexity index is 132. The molecule has 0 saturated carbocycles. The first-order valence-electron chi connectivity index (χ1n) is 5.15. The SMILES string of the molecule is C=CCN(C)C(CNCC)C(C)C. The van der Waals surface area contributed by atoms with Crippen molar-refractivity contribution in [3.8, 4) is 0 Å². The van der Waals surface area contributed by atoms with Crippen molar-refractivity contribution in [2.24, 2.45) is 5.92 Å². The maximum Gasteiger partial charge on any atom is 0.0243 e. The summed E-state index contributed by atoms with van der Waals surface area (Å²) in [6.07, 6.45) is 1.96. The van der Waals surface area contributed by atoms with Gasteiger partial charge < -0.3 is 5.32 Å². The zero-order valence-corrected chi connectivity index (χ0v) is 9.51. The van der Waals surface area contributed by atoms with Crippen LogP contribution in [0, 0.1) is 5.92 Å². The minimum absolute atomic E-state index is 0.609. The quantitative estimate of drug-likeness (QED) is 0.606. The van der Waals surface area contributed by atoms with Crippen molar-refractivity contribution < 1.29 is 0 Å². The number of nitrogens with zero attached hydrogens (tertiary/aromatic N) is 1. The molecule has 0 aliphatic heterocycles. The predicted molar refractivity (Wildman–Crippen MR) is 60.0 cm³/mol. The highest BCUT2D eigenvalue weighted by Crippen LogP contribution is 2.07. The highest BCUT2D eigenvalue weighted by Gasteiger charge is 2.16. The van der Waals surface area contributed by atoms with Gasteiger partial charge in [-0.15, -0.1) is 6.58 Å². The van der Waals surface area contributed by atoms with Crippen molar-refractivity contribution in [1.29, 1.82) is 0 Å². The van der Waals surface area contributed by atoms with Crippen LogP contribution in [0.3, 0.4) is 0 Å². The molecule has 0 aromatic carbocycles. The fourth-order valence-electron chi connectivity index (χ4n) is 1.53. The maximum absolute atomic E-state index is 3.76. The predicted octanol–water partition coefficient (Wildman–Crippen LogP) is 1.74. The van der Waals surface area contributed by atoms with Crippen LogP contribution in [0.5, 0.6) is 0 Å². The Kier molecular flexibility index (Phi) is 6.92. The van der Waals surface area contributed by atoms with Gasteiger partial charge in [0.1, 0.15) is 0 Å². The molecule has 0 fully saturated rings. The molecular formula is C11H24N2. The van der Waals surface area contributed by atoms with Crippen molar-refractivity contribution in [1.82, 2.24) is 10.2 Å². The Morgan fingerprint density at radius 3 is 2.46 bits per heavy atom. The largest absolute Gasteiger partial charge is 0.315 e. The molecule has 0 heterocycles. The van der Waals surface area contributed by atoms with Crippen LogP contribution in [0.2, 0.25) is 0 Å². The van der Waals surface area contributed by atoms with Crippen molar-refractivity contribution in [3.63, 3.8) is 0 Å². The second-order valence-electron chi connectivity index (χ2n) is 3.85. The van der Waals surface area contributed by atoms with Gasteiger partial charge >= 0.3 is 0 Å². The minimum Gasteiger partial charge on any atom is -0.315 e. The van der Waals surface area contributed by atoms with Crippen LogP contribution in [0.15, 0.2) is 12.7 Å². The van der Waals surface area contributed by atoms with E-state index >= 15 is 0 Å². The molecule has 0 radical (unpaired) electrons. The lowest BCUT2D eigenvalue weighted by atomic mass is 10.0. The molecule has 0 aromatic rings. The molecule has 78 valence electrons. The Balaban J connectivity index is 3.98. The summed E-state index contributed by atoms with van der Waals surface area (Å²) in [6, 6.07) is 0.609. The summed E-state index contributed by atoms with van der Waals surface area (Å²) in [6.45, 7) is 13.5. The minimum atomic E-state index is 0.609. The Hall–Kier alpha value is -0.340. The van der Waals surface area contributed by atoms with Crippen molar-refractivity contribution >= 4 is 0 Å². The van der Waals surface area contributed by atoms with E-state index in [1.54, 1.807) is 0 Å². The Morgan fingerprint density at radius 2 is 2.08 bits per heavy atom. The number of hydrogen-bond acceptors (Lipinski definition) is 2. The van der Waals surface area contributed by atoms with E-state index in [9.17, 15) is 0 Å². The lowest BCUT2D eigenvalue weighted by molar-refractivity contribution is 0.205. The third kappa shape index (κ3) is 5.06. The first kappa shape index (κ1) is 12.7. The van der Waals surface area contributed by atoms with E-state index in [4.69, 9.17) is 0 Å². The summed E-state index contributed by atoms with van der Waals surface area (Å²) < 4.78 is 0. The fraction of sp³-hybridized carbons (Fsp3) is 0.818. The first-order valence-corrected chi connectivity index (χ1v) is 5.15. The molecule has 0 amide bonds. The summed E-state index contributed by atoms with van der Waals surface area (Å²) in [4.78, 5) is 2.35. The fourth-order valence-corrected chi connectivity index (χ4v) is 1.53. The summed E-state index contributed by atoms with van der Waals surface area (Å²) in [5, 5.41) is 3.39. The average molecular weight is 184 g/mol. The summed E-state index contributed by atoms with van der Waals surface area (Å²) in [5.74, 6) is 0.684. The molecule has 0 aliphatic carbocycles. The van der Waals surface area contributed by atoms with Gasteiger partial charge in [0, 0.05) is 19.1 Å². The van der Waals surface area contributed by atoms with E-state index in [0.29, 0.717) is 12.0 Å². The zero-order chi connectivity index (χ0) is 10.3. The van der Waals surface area contributed by atoms with E-state index in [1.807, 2.05) is 6.08 Å². The van der Waals surface area contributed by atoms with Crippen LogP contribution in [-0.2, 0) is 0 Å². The van der Waals surface area contributed by atoms with Gasteiger partial charge in [-0.2, -0.15) is 0 Å². The van der Waals surface area contributed by atoms with Crippen LogP contribution < -0.4 is 5.32 Å². The van der Waals surface area contributed by atoms with Gasteiger partial charge in [0.15, 0.2) is 0 Å². The summed E-state index contributed by atoms with van der Waals surface area (Å²) in [5.41, 5.74) is 0. The van der Waals surface area contributed by atoms with Crippen LogP contribution >= 0.6 is 0 Å². The van der Waals surface area contributed by atoms with E-state index < -0.39 is 0 Å². The van der Waals surface area contributed by atoms with Crippen LogP contribution in [0.1, 0.15) is 20.8 Å². The molecule has 0 aromatic heterocycles. The lowest BCUT2D eigenvalue weighted by Gasteiger charge is -2.30. The molecule has 1 atom stereocenters. The molecule has 13 heavy (non-hydrogen) atoms. The van der Waals surface area contributed by atoms with E-state index in [0.717, 1.165) is 19.6 Å². The number of likely N-dealkylation sites (N-methyl/N-ethyl adjacent to an activating group) is 2. The second kappa shape index (κ2) is 7.10. The van der Waals surface area contributed by atoms with Crippen molar-refractivity contribution in [2.75, 3.05) is 26.7 Å². The van der Waals surface area contributed by atoms with Crippen LogP contribution in [0.4, 0.5) is 0 Å². The molecule has 1 N–H and O–H groups in total. The Morgan fingerprint density at radius 1 is 1.46 bits per heavy atom. The molecule has 2 heteroatoms. The molecule has 0 rings (SSSR count). The maximum atomic E-state index is 3.76. The highest BCUT2D eigenvalue weighted by molar-refractivity contribution is 4.80. The van der Waals surface area contributed by atoms with Gasteiger partial charge in [-0.3, -0.25) is 4.90 Å². The summed E-state index contributed by atoms with van der Waals surface area (Å²) >= 11 is 0. The van der Waals surface area contributed by atoms with E-state index in [1.165, 1.54) is 0 Å². The van der Waals surface area contributed by atoms with Gasteiger partial charge in [-0.1, -0.05) is 26.8 Å². The van der Waals surface area contributed by atoms with E-state index in [-0.39, 0.29) is 0 Å². The second-order valence-corrected chi connectivity index (χ2v) is 3.85.